The SMILES string of the molecule is O=C(Nc1ccc(-c2ccccc2)cc1)Nc1cccc(-c2n[nH]cc2-c2ccncc2)c1. The molecular formula is C27H21N5O. The Bertz CT molecular complexity index is 1360. The zero-order chi connectivity index (χ0) is 22.5. The highest BCUT2D eigenvalue weighted by molar-refractivity contribution is 6.00. The van der Waals surface area contributed by atoms with E-state index in [0.29, 0.717) is 5.69 Å². The number of aromatic nitrogens is 3. The van der Waals surface area contributed by atoms with Crippen LogP contribution in [0.4, 0.5) is 16.2 Å². The Morgan fingerprint density at radius 3 is 2.15 bits per heavy atom. The van der Waals surface area contributed by atoms with Gasteiger partial charge in [-0.1, -0.05) is 54.6 Å². The molecule has 0 aliphatic carbocycles. The van der Waals surface area contributed by atoms with Crippen LogP contribution in [0.5, 0.6) is 0 Å². The first-order valence-corrected chi connectivity index (χ1v) is 10.5. The Hall–Kier alpha value is -4.71. The molecule has 0 aliphatic rings. The highest BCUT2D eigenvalue weighted by Crippen LogP contribution is 2.31. The predicted molar refractivity (Wildman–Crippen MR) is 132 cm³/mol. The van der Waals surface area contributed by atoms with Gasteiger partial charge >= 0.3 is 6.03 Å². The van der Waals surface area contributed by atoms with Gasteiger partial charge in [-0.3, -0.25) is 10.1 Å². The lowest BCUT2D eigenvalue weighted by molar-refractivity contribution is 0.262. The van der Waals surface area contributed by atoms with E-state index in [4.69, 9.17) is 0 Å². The number of hydrogen-bond acceptors (Lipinski definition) is 3. The molecular weight excluding hydrogens is 410 g/mol. The Kier molecular flexibility index (Phi) is 5.63. The maximum Gasteiger partial charge on any atom is 0.323 e. The lowest BCUT2D eigenvalue weighted by Gasteiger charge is -2.10. The normalized spacial score (nSPS) is 10.5. The van der Waals surface area contributed by atoms with Crippen LogP contribution < -0.4 is 10.6 Å². The Balaban J connectivity index is 1.29. The summed E-state index contributed by atoms with van der Waals surface area (Å²) < 4.78 is 0. The van der Waals surface area contributed by atoms with E-state index in [-0.39, 0.29) is 6.03 Å². The molecule has 6 heteroatoms. The van der Waals surface area contributed by atoms with Crippen molar-refractivity contribution in [2.24, 2.45) is 0 Å². The number of aromatic amines is 1. The third-order valence-corrected chi connectivity index (χ3v) is 5.28. The summed E-state index contributed by atoms with van der Waals surface area (Å²) >= 11 is 0. The number of pyridine rings is 1. The summed E-state index contributed by atoms with van der Waals surface area (Å²) in [5.74, 6) is 0. The molecule has 5 aromatic rings. The minimum Gasteiger partial charge on any atom is -0.308 e. The number of nitrogens with one attached hydrogen (secondary N) is 3. The maximum absolute atomic E-state index is 12.6. The molecule has 2 heterocycles. The van der Waals surface area contributed by atoms with E-state index in [1.807, 2.05) is 85.1 Å². The monoisotopic (exact) mass is 431 g/mol. The van der Waals surface area contributed by atoms with Crippen molar-refractivity contribution in [2.75, 3.05) is 10.6 Å². The number of rotatable bonds is 5. The number of urea groups is 1. The Labute approximate surface area is 191 Å². The summed E-state index contributed by atoms with van der Waals surface area (Å²) in [5.41, 5.74) is 7.31. The van der Waals surface area contributed by atoms with Gasteiger partial charge in [-0.15, -0.1) is 0 Å². The molecule has 0 unspecified atom stereocenters. The summed E-state index contributed by atoms with van der Waals surface area (Å²) in [4.78, 5) is 16.6. The van der Waals surface area contributed by atoms with Crippen molar-refractivity contribution < 1.29 is 4.79 Å². The Morgan fingerprint density at radius 2 is 1.36 bits per heavy atom. The highest BCUT2D eigenvalue weighted by atomic mass is 16.2. The van der Waals surface area contributed by atoms with Crippen molar-refractivity contribution in [1.82, 2.24) is 15.2 Å². The summed E-state index contributed by atoms with van der Waals surface area (Å²) in [6, 6.07) is 29.1. The van der Waals surface area contributed by atoms with Gasteiger partial charge in [-0.05, 0) is 53.1 Å². The average molecular weight is 431 g/mol. The van der Waals surface area contributed by atoms with E-state index in [0.717, 1.165) is 39.2 Å². The molecule has 160 valence electrons. The van der Waals surface area contributed by atoms with Gasteiger partial charge in [0.1, 0.15) is 0 Å². The minimum absolute atomic E-state index is 0.309. The third kappa shape index (κ3) is 4.65. The van der Waals surface area contributed by atoms with Gasteiger partial charge in [0.15, 0.2) is 0 Å². The predicted octanol–water partition coefficient (Wildman–Crippen LogP) is 6.45. The number of benzene rings is 3. The standard InChI is InChI=1S/C27H21N5O/c33-27(30-23-11-9-20(10-12-23)19-5-2-1-3-6-19)31-24-8-4-7-22(17-24)26-25(18-29-32-26)21-13-15-28-16-14-21/h1-18H,(H,29,32)(H2,30,31,33). The van der Waals surface area contributed by atoms with Crippen LogP contribution in [0.3, 0.4) is 0 Å². The summed E-state index contributed by atoms with van der Waals surface area (Å²) in [6.45, 7) is 0. The first-order chi connectivity index (χ1) is 16.3. The van der Waals surface area contributed by atoms with E-state index in [1.165, 1.54) is 0 Å². The van der Waals surface area contributed by atoms with Crippen LogP contribution in [0.1, 0.15) is 0 Å². The number of carbonyl (C=O) groups excluding carboxylic acids is 1. The largest absolute Gasteiger partial charge is 0.323 e. The van der Waals surface area contributed by atoms with E-state index in [1.54, 1.807) is 12.4 Å². The number of anilines is 2. The Morgan fingerprint density at radius 1 is 0.667 bits per heavy atom. The molecule has 33 heavy (non-hydrogen) atoms. The topological polar surface area (TPSA) is 82.7 Å². The molecule has 0 fully saturated rings. The zero-order valence-corrected chi connectivity index (χ0v) is 17.7. The number of H-pyrrole nitrogens is 1. The van der Waals surface area contributed by atoms with Crippen molar-refractivity contribution in [2.45, 2.75) is 0 Å². The van der Waals surface area contributed by atoms with Gasteiger partial charge in [-0.25, -0.2) is 4.79 Å². The second-order valence-corrected chi connectivity index (χ2v) is 7.49. The molecule has 6 nitrogen and oxygen atoms in total. The van der Waals surface area contributed by atoms with Crippen LogP contribution in [-0.2, 0) is 0 Å². The van der Waals surface area contributed by atoms with E-state index < -0.39 is 0 Å². The molecule has 0 spiro atoms. The van der Waals surface area contributed by atoms with Gasteiger partial charge in [0.05, 0.1) is 5.69 Å². The maximum atomic E-state index is 12.6. The molecule has 0 atom stereocenters. The van der Waals surface area contributed by atoms with Gasteiger partial charge in [0, 0.05) is 41.1 Å². The molecule has 0 bridgehead atoms. The van der Waals surface area contributed by atoms with Crippen LogP contribution in [0, 0.1) is 0 Å². The fraction of sp³-hybridized carbons (Fsp3) is 0. The molecule has 0 aliphatic heterocycles. The van der Waals surface area contributed by atoms with Crippen LogP contribution >= 0.6 is 0 Å². The van der Waals surface area contributed by atoms with Crippen molar-refractivity contribution in [3.8, 4) is 33.5 Å². The van der Waals surface area contributed by atoms with Crippen molar-refractivity contribution >= 4 is 17.4 Å². The zero-order valence-electron chi connectivity index (χ0n) is 17.7. The number of amides is 2. The van der Waals surface area contributed by atoms with E-state index in [2.05, 4.69) is 37.9 Å². The highest BCUT2D eigenvalue weighted by Gasteiger charge is 2.12. The molecule has 0 saturated carbocycles. The number of carbonyl (C=O) groups is 1. The summed E-state index contributed by atoms with van der Waals surface area (Å²) in [7, 11) is 0. The van der Waals surface area contributed by atoms with Crippen molar-refractivity contribution in [3.63, 3.8) is 0 Å². The third-order valence-electron chi connectivity index (χ3n) is 5.28. The second-order valence-electron chi connectivity index (χ2n) is 7.49. The summed E-state index contributed by atoms with van der Waals surface area (Å²) in [6.07, 6.45) is 5.36. The molecule has 2 amide bonds. The molecule has 0 radical (unpaired) electrons. The second kappa shape index (κ2) is 9.20. The van der Waals surface area contributed by atoms with Crippen LogP contribution in [0.25, 0.3) is 33.5 Å². The molecule has 5 rings (SSSR count). The minimum atomic E-state index is -0.309. The number of hydrogen-bond donors (Lipinski definition) is 3. The van der Waals surface area contributed by atoms with Gasteiger partial charge in [0.2, 0.25) is 0 Å². The lowest BCUT2D eigenvalue weighted by Crippen LogP contribution is -2.19. The van der Waals surface area contributed by atoms with Crippen molar-refractivity contribution in [3.05, 3.63) is 110 Å². The van der Waals surface area contributed by atoms with Gasteiger partial charge in [0.25, 0.3) is 0 Å². The van der Waals surface area contributed by atoms with Crippen LogP contribution in [0.15, 0.2) is 110 Å². The first-order valence-electron chi connectivity index (χ1n) is 10.5. The van der Waals surface area contributed by atoms with Crippen LogP contribution in [0.2, 0.25) is 0 Å². The van der Waals surface area contributed by atoms with Gasteiger partial charge in [-0.2, -0.15) is 5.10 Å². The van der Waals surface area contributed by atoms with Gasteiger partial charge < -0.3 is 10.6 Å². The number of nitrogens with zero attached hydrogens (tertiary/aromatic N) is 2. The molecule has 3 N–H and O–H groups in total. The van der Waals surface area contributed by atoms with Crippen LogP contribution in [-0.4, -0.2) is 21.2 Å². The smallest absolute Gasteiger partial charge is 0.308 e. The molecule has 2 aromatic heterocycles. The van der Waals surface area contributed by atoms with E-state index >= 15 is 0 Å². The van der Waals surface area contributed by atoms with E-state index in [9.17, 15) is 4.79 Å². The molecule has 0 saturated heterocycles. The lowest BCUT2D eigenvalue weighted by atomic mass is 10.0. The summed E-state index contributed by atoms with van der Waals surface area (Å²) in [5, 5.41) is 13.1. The van der Waals surface area contributed by atoms with Crippen molar-refractivity contribution in [1.29, 1.82) is 0 Å². The average Bonchev–Trinajstić information content (AvgIpc) is 3.36. The first kappa shape index (κ1) is 20.2. The fourth-order valence-corrected chi connectivity index (χ4v) is 3.68. The fourth-order valence-electron chi connectivity index (χ4n) is 3.68. The molecule has 3 aromatic carbocycles. The quantitative estimate of drug-likeness (QED) is 0.299.